The highest BCUT2D eigenvalue weighted by atomic mass is 19.1. The molecule has 2 N–H and O–H groups in total. The van der Waals surface area contributed by atoms with E-state index in [9.17, 15) is 13.2 Å². The molecule has 1 heterocycles. The van der Waals surface area contributed by atoms with E-state index < -0.39 is 17.5 Å². The molecule has 0 fully saturated rings. The van der Waals surface area contributed by atoms with Gasteiger partial charge in [0.05, 0.1) is 18.4 Å². The van der Waals surface area contributed by atoms with E-state index in [-0.39, 0.29) is 23.4 Å². The van der Waals surface area contributed by atoms with Gasteiger partial charge in [0.2, 0.25) is 0 Å². The first-order valence-electron chi connectivity index (χ1n) is 4.55. The molecule has 0 unspecified atom stereocenters. The van der Waals surface area contributed by atoms with Gasteiger partial charge in [-0.25, -0.2) is 13.2 Å². The summed E-state index contributed by atoms with van der Waals surface area (Å²) < 4.78 is 44.5. The minimum atomic E-state index is -0.978. The van der Waals surface area contributed by atoms with Crippen molar-refractivity contribution in [3.8, 4) is 11.1 Å². The minimum absolute atomic E-state index is 0.0125. The molecule has 0 atom stereocenters. The Morgan fingerprint density at radius 2 is 1.75 bits per heavy atom. The largest absolute Gasteiger partial charge is 0.467 e. The van der Waals surface area contributed by atoms with Crippen molar-refractivity contribution in [1.29, 1.82) is 0 Å². The van der Waals surface area contributed by atoms with Crippen molar-refractivity contribution < 1.29 is 17.6 Å². The zero-order chi connectivity index (χ0) is 11.7. The Labute approximate surface area is 89.5 Å². The number of furan rings is 1. The SMILES string of the molecule is NCc1occc1-c1c(F)cc(F)cc1F. The third kappa shape index (κ3) is 1.69. The van der Waals surface area contributed by atoms with Gasteiger partial charge in [0, 0.05) is 17.7 Å². The monoisotopic (exact) mass is 227 g/mol. The molecule has 5 heteroatoms. The quantitative estimate of drug-likeness (QED) is 0.856. The number of rotatable bonds is 2. The number of benzene rings is 1. The highest BCUT2D eigenvalue weighted by Crippen LogP contribution is 2.30. The number of nitrogens with two attached hydrogens (primary N) is 1. The van der Waals surface area contributed by atoms with E-state index in [1.165, 1.54) is 12.3 Å². The van der Waals surface area contributed by atoms with Crippen LogP contribution in [0.1, 0.15) is 5.76 Å². The lowest BCUT2D eigenvalue weighted by molar-refractivity contribution is 0.511. The summed E-state index contributed by atoms with van der Waals surface area (Å²) in [5.41, 5.74) is 5.23. The van der Waals surface area contributed by atoms with E-state index in [1.54, 1.807) is 0 Å². The summed E-state index contributed by atoms with van der Waals surface area (Å²) in [5.74, 6) is -2.66. The van der Waals surface area contributed by atoms with Crippen LogP contribution in [-0.2, 0) is 6.54 Å². The molecule has 0 aliphatic heterocycles. The van der Waals surface area contributed by atoms with Crippen molar-refractivity contribution in [2.24, 2.45) is 5.73 Å². The first-order chi connectivity index (χ1) is 7.63. The van der Waals surface area contributed by atoms with Crippen LogP contribution in [0.4, 0.5) is 13.2 Å². The summed E-state index contributed by atoms with van der Waals surface area (Å²) >= 11 is 0. The summed E-state index contributed by atoms with van der Waals surface area (Å²) in [6.45, 7) is 0.0125. The predicted molar refractivity (Wildman–Crippen MR) is 51.9 cm³/mol. The van der Waals surface area contributed by atoms with Crippen LogP contribution in [-0.4, -0.2) is 0 Å². The van der Waals surface area contributed by atoms with Crippen LogP contribution < -0.4 is 5.73 Å². The molecule has 1 aromatic heterocycles. The predicted octanol–water partition coefficient (Wildman–Crippen LogP) is 2.82. The Hall–Kier alpha value is -1.75. The van der Waals surface area contributed by atoms with Crippen molar-refractivity contribution >= 4 is 0 Å². The van der Waals surface area contributed by atoms with Gasteiger partial charge in [-0.05, 0) is 6.07 Å². The lowest BCUT2D eigenvalue weighted by atomic mass is 10.0. The van der Waals surface area contributed by atoms with Crippen LogP contribution in [0.25, 0.3) is 11.1 Å². The van der Waals surface area contributed by atoms with Gasteiger partial charge in [0.15, 0.2) is 0 Å². The standard InChI is InChI=1S/C11H8F3NO/c12-6-3-8(13)11(9(14)4-6)7-1-2-16-10(7)5-15/h1-4H,5,15H2. The van der Waals surface area contributed by atoms with Gasteiger partial charge in [0.25, 0.3) is 0 Å². The van der Waals surface area contributed by atoms with Crippen molar-refractivity contribution in [1.82, 2.24) is 0 Å². The second-order valence-electron chi connectivity index (χ2n) is 3.21. The second-order valence-corrected chi connectivity index (χ2v) is 3.21. The Bertz CT molecular complexity index is 499. The van der Waals surface area contributed by atoms with Crippen molar-refractivity contribution in [2.45, 2.75) is 6.54 Å². The average molecular weight is 227 g/mol. The van der Waals surface area contributed by atoms with Crippen molar-refractivity contribution in [3.05, 3.63) is 47.7 Å². The molecular weight excluding hydrogens is 219 g/mol. The average Bonchev–Trinajstić information content (AvgIpc) is 2.64. The molecule has 0 saturated heterocycles. The van der Waals surface area contributed by atoms with E-state index in [1.807, 2.05) is 0 Å². The van der Waals surface area contributed by atoms with Crippen molar-refractivity contribution in [2.75, 3.05) is 0 Å². The Kier molecular flexibility index (Phi) is 2.70. The molecule has 0 bridgehead atoms. The van der Waals surface area contributed by atoms with Crippen molar-refractivity contribution in [3.63, 3.8) is 0 Å². The Balaban J connectivity index is 2.64. The normalized spacial score (nSPS) is 10.8. The summed E-state index contributed by atoms with van der Waals surface area (Å²) in [6.07, 6.45) is 1.28. The maximum Gasteiger partial charge on any atom is 0.137 e. The van der Waals surface area contributed by atoms with Gasteiger partial charge in [0.1, 0.15) is 23.2 Å². The van der Waals surface area contributed by atoms with Gasteiger partial charge in [-0.2, -0.15) is 0 Å². The van der Waals surface area contributed by atoms with Crippen LogP contribution in [0, 0.1) is 17.5 Å². The van der Waals surface area contributed by atoms with E-state index in [2.05, 4.69) is 0 Å². The fourth-order valence-corrected chi connectivity index (χ4v) is 1.52. The molecule has 0 saturated carbocycles. The first-order valence-corrected chi connectivity index (χ1v) is 4.55. The molecule has 0 aliphatic carbocycles. The van der Waals surface area contributed by atoms with Crippen LogP contribution in [0.2, 0.25) is 0 Å². The lowest BCUT2D eigenvalue weighted by Crippen LogP contribution is -1.99. The van der Waals surface area contributed by atoms with Crippen LogP contribution >= 0.6 is 0 Å². The molecule has 2 rings (SSSR count). The Morgan fingerprint density at radius 3 is 2.31 bits per heavy atom. The molecule has 84 valence electrons. The van der Waals surface area contributed by atoms with Crippen LogP contribution in [0.5, 0.6) is 0 Å². The zero-order valence-electron chi connectivity index (χ0n) is 8.14. The maximum absolute atomic E-state index is 13.4. The van der Waals surface area contributed by atoms with Gasteiger partial charge in [-0.3, -0.25) is 0 Å². The first kappa shape index (κ1) is 10.8. The van der Waals surface area contributed by atoms with Crippen LogP contribution in [0.3, 0.4) is 0 Å². The molecule has 16 heavy (non-hydrogen) atoms. The molecule has 0 radical (unpaired) electrons. The summed E-state index contributed by atoms with van der Waals surface area (Å²) in [7, 11) is 0. The molecule has 1 aromatic carbocycles. The molecule has 0 amide bonds. The smallest absolute Gasteiger partial charge is 0.137 e. The highest BCUT2D eigenvalue weighted by molar-refractivity contribution is 5.66. The van der Waals surface area contributed by atoms with E-state index in [0.29, 0.717) is 12.1 Å². The minimum Gasteiger partial charge on any atom is -0.467 e. The third-order valence-corrected chi connectivity index (χ3v) is 2.21. The Morgan fingerprint density at radius 1 is 1.12 bits per heavy atom. The fourth-order valence-electron chi connectivity index (χ4n) is 1.52. The summed E-state index contributed by atoms with van der Waals surface area (Å²) in [4.78, 5) is 0. The number of halogens is 3. The second kappa shape index (κ2) is 4.02. The van der Waals surface area contributed by atoms with E-state index in [4.69, 9.17) is 10.2 Å². The topological polar surface area (TPSA) is 39.2 Å². The van der Waals surface area contributed by atoms with E-state index in [0.717, 1.165) is 0 Å². The number of hydrogen-bond acceptors (Lipinski definition) is 2. The molecule has 0 spiro atoms. The maximum atomic E-state index is 13.4. The fraction of sp³-hybridized carbons (Fsp3) is 0.0909. The molecule has 2 nitrogen and oxygen atoms in total. The number of hydrogen-bond donors (Lipinski definition) is 1. The van der Waals surface area contributed by atoms with E-state index >= 15 is 0 Å². The third-order valence-electron chi connectivity index (χ3n) is 2.21. The zero-order valence-corrected chi connectivity index (χ0v) is 8.14. The van der Waals surface area contributed by atoms with Gasteiger partial charge in [-0.1, -0.05) is 0 Å². The van der Waals surface area contributed by atoms with Gasteiger partial charge < -0.3 is 10.2 Å². The molecular formula is C11H8F3NO. The lowest BCUT2D eigenvalue weighted by Gasteiger charge is -2.04. The summed E-state index contributed by atoms with van der Waals surface area (Å²) in [5, 5.41) is 0. The molecule has 2 aromatic rings. The highest BCUT2D eigenvalue weighted by Gasteiger charge is 2.17. The van der Waals surface area contributed by atoms with Gasteiger partial charge in [-0.15, -0.1) is 0 Å². The van der Waals surface area contributed by atoms with Crippen LogP contribution in [0.15, 0.2) is 28.9 Å². The molecule has 0 aliphatic rings. The summed E-state index contributed by atoms with van der Waals surface area (Å²) in [6, 6.07) is 2.62. The van der Waals surface area contributed by atoms with Gasteiger partial charge >= 0.3 is 0 Å².